The predicted molar refractivity (Wildman–Crippen MR) is 62.1 cm³/mol. The predicted octanol–water partition coefficient (Wildman–Crippen LogP) is 1.67. The highest BCUT2D eigenvalue weighted by Gasteiger charge is 2.26. The van der Waals surface area contributed by atoms with Crippen LogP contribution in [0.2, 0.25) is 5.02 Å². The summed E-state index contributed by atoms with van der Waals surface area (Å²) in [6, 6.07) is 4.63. The Morgan fingerprint density at radius 2 is 2.12 bits per heavy atom. The van der Waals surface area contributed by atoms with Gasteiger partial charge >= 0.3 is 5.97 Å². The topological polar surface area (TPSA) is 66.8 Å². The summed E-state index contributed by atoms with van der Waals surface area (Å²) < 4.78 is 4.98. The molecule has 1 rings (SSSR count). The summed E-state index contributed by atoms with van der Waals surface area (Å²) >= 11 is 9.01. The lowest BCUT2D eigenvalue weighted by Crippen LogP contribution is -2.29. The van der Waals surface area contributed by atoms with Crippen molar-refractivity contribution in [2.45, 2.75) is 12.2 Å². The smallest absolute Gasteiger partial charge is 0.337 e. The van der Waals surface area contributed by atoms with Crippen LogP contribution in [0, 0.1) is 0 Å². The van der Waals surface area contributed by atoms with Gasteiger partial charge in [-0.05, 0) is 33.6 Å². The molecule has 0 bridgehead atoms. The van der Waals surface area contributed by atoms with Crippen molar-refractivity contribution >= 4 is 33.5 Å². The summed E-state index contributed by atoms with van der Waals surface area (Å²) in [6.45, 7) is 0. The number of aliphatic hydroxyl groups excluding tert-OH is 2. The van der Waals surface area contributed by atoms with Crippen LogP contribution in [0.15, 0.2) is 22.7 Å². The lowest BCUT2D eigenvalue weighted by atomic mass is 10.0. The van der Waals surface area contributed by atoms with Crippen LogP contribution >= 0.6 is 27.5 Å². The Balaban J connectivity index is 2.91. The summed E-state index contributed by atoms with van der Waals surface area (Å²) in [7, 11) is 1.13. The molecule has 4 nitrogen and oxygen atoms in total. The highest BCUT2D eigenvalue weighted by molar-refractivity contribution is 9.10. The van der Waals surface area contributed by atoms with Gasteiger partial charge in [0.05, 0.1) is 12.1 Å². The van der Waals surface area contributed by atoms with E-state index in [0.29, 0.717) is 15.1 Å². The Morgan fingerprint density at radius 3 is 2.62 bits per heavy atom. The Morgan fingerprint density at radius 1 is 1.50 bits per heavy atom. The first-order valence-electron chi connectivity index (χ1n) is 4.36. The van der Waals surface area contributed by atoms with Gasteiger partial charge in [0.15, 0.2) is 6.10 Å². The molecule has 0 aliphatic carbocycles. The number of esters is 1. The van der Waals surface area contributed by atoms with Crippen molar-refractivity contribution in [3.05, 3.63) is 33.3 Å². The average molecular weight is 310 g/mol. The molecule has 0 saturated carbocycles. The highest BCUT2D eigenvalue weighted by Crippen LogP contribution is 2.27. The number of carbonyl (C=O) groups excluding carboxylic acids is 1. The van der Waals surface area contributed by atoms with Crippen molar-refractivity contribution < 1.29 is 19.7 Å². The summed E-state index contributed by atoms with van der Waals surface area (Å²) in [5.74, 6) is -0.897. The van der Waals surface area contributed by atoms with Gasteiger partial charge in [0.25, 0.3) is 0 Å². The van der Waals surface area contributed by atoms with Crippen LogP contribution in [0.4, 0.5) is 0 Å². The van der Waals surface area contributed by atoms with Gasteiger partial charge in [-0.1, -0.05) is 17.7 Å². The van der Waals surface area contributed by atoms with Gasteiger partial charge < -0.3 is 14.9 Å². The third-order valence-corrected chi connectivity index (χ3v) is 3.26. The van der Waals surface area contributed by atoms with Gasteiger partial charge in [-0.2, -0.15) is 0 Å². The van der Waals surface area contributed by atoms with Gasteiger partial charge in [-0.3, -0.25) is 0 Å². The quantitative estimate of drug-likeness (QED) is 0.834. The molecule has 1 aromatic carbocycles. The van der Waals surface area contributed by atoms with Gasteiger partial charge in [0, 0.05) is 4.47 Å². The zero-order valence-electron chi connectivity index (χ0n) is 8.35. The molecule has 2 atom stereocenters. The van der Waals surface area contributed by atoms with Crippen molar-refractivity contribution in [1.29, 1.82) is 0 Å². The second-order valence-corrected chi connectivity index (χ2v) is 4.35. The fraction of sp³-hybridized carbons (Fsp3) is 0.300. The SMILES string of the molecule is COC(=O)C(O)C(O)c1ccc(Br)c(Cl)c1. The first kappa shape index (κ1) is 13.4. The van der Waals surface area contributed by atoms with E-state index in [4.69, 9.17) is 11.6 Å². The molecule has 0 amide bonds. The monoisotopic (exact) mass is 308 g/mol. The molecule has 6 heteroatoms. The van der Waals surface area contributed by atoms with E-state index in [-0.39, 0.29) is 0 Å². The number of aliphatic hydroxyl groups is 2. The second kappa shape index (κ2) is 5.63. The molecular formula is C10H10BrClO4. The second-order valence-electron chi connectivity index (χ2n) is 3.09. The zero-order chi connectivity index (χ0) is 12.3. The number of hydrogen-bond acceptors (Lipinski definition) is 4. The van der Waals surface area contributed by atoms with Crippen LogP contribution in [0.1, 0.15) is 11.7 Å². The van der Waals surface area contributed by atoms with Crippen molar-refractivity contribution in [2.75, 3.05) is 7.11 Å². The van der Waals surface area contributed by atoms with E-state index in [9.17, 15) is 15.0 Å². The first-order valence-corrected chi connectivity index (χ1v) is 5.53. The maximum Gasteiger partial charge on any atom is 0.337 e. The normalized spacial score (nSPS) is 14.3. The van der Waals surface area contributed by atoms with Gasteiger partial charge in [0.1, 0.15) is 6.10 Å². The minimum Gasteiger partial charge on any atom is -0.467 e. The van der Waals surface area contributed by atoms with Crippen LogP contribution in [0.25, 0.3) is 0 Å². The summed E-state index contributed by atoms with van der Waals surface area (Å²) in [5, 5.41) is 19.5. The lowest BCUT2D eigenvalue weighted by Gasteiger charge is -2.16. The summed E-state index contributed by atoms with van der Waals surface area (Å²) in [6.07, 6.45) is -2.99. The Bertz CT molecular complexity index is 396. The van der Waals surface area contributed by atoms with Crippen molar-refractivity contribution in [2.24, 2.45) is 0 Å². The number of carbonyl (C=O) groups is 1. The third-order valence-electron chi connectivity index (χ3n) is 2.03. The molecule has 88 valence electrons. The fourth-order valence-corrected chi connectivity index (χ4v) is 1.56. The molecule has 2 unspecified atom stereocenters. The molecule has 16 heavy (non-hydrogen) atoms. The number of benzene rings is 1. The van der Waals surface area contributed by atoms with Crippen molar-refractivity contribution in [1.82, 2.24) is 0 Å². The van der Waals surface area contributed by atoms with Crippen molar-refractivity contribution in [3.8, 4) is 0 Å². The van der Waals surface area contributed by atoms with Crippen LogP contribution < -0.4 is 0 Å². The van der Waals surface area contributed by atoms with E-state index >= 15 is 0 Å². The van der Waals surface area contributed by atoms with Gasteiger partial charge in [-0.25, -0.2) is 4.79 Å². The minimum atomic E-state index is -1.62. The molecule has 0 saturated heterocycles. The maximum absolute atomic E-state index is 11.0. The molecule has 0 aliphatic heterocycles. The van der Waals surface area contributed by atoms with E-state index < -0.39 is 18.2 Å². The van der Waals surface area contributed by atoms with Gasteiger partial charge in [-0.15, -0.1) is 0 Å². The molecular weight excluding hydrogens is 299 g/mol. The fourth-order valence-electron chi connectivity index (χ4n) is 1.13. The van der Waals surface area contributed by atoms with Gasteiger partial charge in [0.2, 0.25) is 0 Å². The van der Waals surface area contributed by atoms with E-state index in [2.05, 4.69) is 20.7 Å². The first-order chi connectivity index (χ1) is 7.47. The van der Waals surface area contributed by atoms with Crippen LogP contribution in [0.5, 0.6) is 0 Å². The van der Waals surface area contributed by atoms with E-state index in [1.807, 2.05) is 0 Å². The Labute approximate surface area is 106 Å². The summed E-state index contributed by atoms with van der Waals surface area (Å²) in [5.41, 5.74) is 0.339. The molecule has 0 aromatic heterocycles. The highest BCUT2D eigenvalue weighted by atomic mass is 79.9. The maximum atomic E-state index is 11.0. The van der Waals surface area contributed by atoms with Crippen molar-refractivity contribution in [3.63, 3.8) is 0 Å². The number of hydrogen-bond donors (Lipinski definition) is 2. The van der Waals surface area contributed by atoms with Crippen LogP contribution in [-0.4, -0.2) is 29.4 Å². The number of methoxy groups -OCH3 is 1. The molecule has 0 radical (unpaired) electrons. The molecule has 0 spiro atoms. The number of rotatable bonds is 3. The Hall–Kier alpha value is -0.620. The standard InChI is InChI=1S/C10H10BrClO4/c1-16-10(15)9(14)8(13)5-2-3-6(11)7(12)4-5/h2-4,8-9,13-14H,1H3. The largest absolute Gasteiger partial charge is 0.467 e. The molecule has 0 fully saturated rings. The van der Waals surface area contributed by atoms with E-state index in [0.717, 1.165) is 7.11 Å². The number of ether oxygens (including phenoxy) is 1. The lowest BCUT2D eigenvalue weighted by molar-refractivity contribution is -0.156. The molecule has 0 aliphatic rings. The Kier molecular flexibility index (Phi) is 4.73. The van der Waals surface area contributed by atoms with Crippen LogP contribution in [0.3, 0.4) is 0 Å². The minimum absolute atomic E-state index is 0.339. The zero-order valence-corrected chi connectivity index (χ0v) is 10.7. The average Bonchev–Trinajstić information content (AvgIpc) is 2.29. The molecule has 1 aromatic rings. The van der Waals surface area contributed by atoms with Crippen LogP contribution in [-0.2, 0) is 9.53 Å². The molecule has 2 N–H and O–H groups in total. The molecule has 0 heterocycles. The number of halogens is 2. The third kappa shape index (κ3) is 2.95. The summed E-state index contributed by atoms with van der Waals surface area (Å²) in [4.78, 5) is 11.0. The van der Waals surface area contributed by atoms with E-state index in [1.54, 1.807) is 12.1 Å². The van der Waals surface area contributed by atoms with E-state index in [1.165, 1.54) is 6.07 Å².